The first-order valence-electron chi connectivity index (χ1n) is 4.80. The van der Waals surface area contributed by atoms with Gasteiger partial charge in [-0.05, 0) is 6.07 Å². The number of amides is 1. The largest absolute Gasteiger partial charge is 0.396 e. The molecular formula is C10H9F5N2O. The molecular weight excluding hydrogens is 259 g/mol. The van der Waals surface area contributed by atoms with Crippen LogP contribution in [0.4, 0.5) is 27.6 Å². The van der Waals surface area contributed by atoms with Crippen LogP contribution in [0.2, 0.25) is 0 Å². The molecule has 0 bridgehead atoms. The molecule has 0 spiro atoms. The molecule has 0 saturated carbocycles. The highest BCUT2D eigenvalue weighted by atomic mass is 19.4. The van der Waals surface area contributed by atoms with Gasteiger partial charge in [0.2, 0.25) is 0 Å². The molecule has 1 aromatic carbocycles. The number of carbonyl (C=O) groups is 1. The summed E-state index contributed by atoms with van der Waals surface area (Å²) in [7, 11) is 0. The van der Waals surface area contributed by atoms with Crippen LogP contribution in [0.25, 0.3) is 0 Å². The first-order chi connectivity index (χ1) is 8.20. The second-order valence-corrected chi connectivity index (χ2v) is 3.47. The lowest BCUT2D eigenvalue weighted by atomic mass is 10.1. The van der Waals surface area contributed by atoms with Crippen molar-refractivity contribution in [2.75, 3.05) is 12.3 Å². The molecule has 1 aromatic rings. The molecule has 0 atom stereocenters. The molecule has 100 valence electrons. The van der Waals surface area contributed by atoms with Crippen molar-refractivity contribution in [3.05, 3.63) is 29.3 Å². The number of carbonyl (C=O) groups excluding carboxylic acids is 1. The third kappa shape index (κ3) is 3.86. The Hall–Kier alpha value is -1.86. The number of halogens is 5. The number of anilines is 1. The van der Waals surface area contributed by atoms with Crippen molar-refractivity contribution in [2.24, 2.45) is 0 Å². The Morgan fingerprint density at radius 2 is 1.83 bits per heavy atom. The molecule has 0 heterocycles. The van der Waals surface area contributed by atoms with Gasteiger partial charge in [0, 0.05) is 12.6 Å². The molecule has 0 aliphatic carbocycles. The number of benzene rings is 1. The SMILES string of the molecule is Nc1cc(C(=O)NCCC(F)(F)F)c(F)cc1F. The minimum atomic E-state index is -4.42. The van der Waals surface area contributed by atoms with Crippen LogP contribution in [0.1, 0.15) is 16.8 Å². The summed E-state index contributed by atoms with van der Waals surface area (Å²) in [6.45, 7) is -0.695. The number of nitrogens with two attached hydrogens (primary N) is 1. The maximum Gasteiger partial charge on any atom is 0.390 e. The monoisotopic (exact) mass is 268 g/mol. The van der Waals surface area contributed by atoms with Crippen molar-refractivity contribution < 1.29 is 26.7 Å². The molecule has 0 fully saturated rings. The van der Waals surface area contributed by atoms with Crippen LogP contribution in [0.15, 0.2) is 12.1 Å². The van der Waals surface area contributed by atoms with Gasteiger partial charge >= 0.3 is 6.18 Å². The fraction of sp³-hybridized carbons (Fsp3) is 0.300. The van der Waals surface area contributed by atoms with Crippen molar-refractivity contribution in [3.63, 3.8) is 0 Å². The molecule has 0 radical (unpaired) electrons. The molecule has 3 N–H and O–H groups in total. The zero-order valence-electron chi connectivity index (χ0n) is 8.94. The Balaban J connectivity index is 2.70. The van der Waals surface area contributed by atoms with Gasteiger partial charge in [0.15, 0.2) is 0 Å². The fourth-order valence-corrected chi connectivity index (χ4v) is 1.15. The van der Waals surface area contributed by atoms with E-state index in [0.717, 1.165) is 6.07 Å². The number of nitrogens with one attached hydrogen (secondary N) is 1. The normalized spacial score (nSPS) is 11.4. The molecule has 0 unspecified atom stereocenters. The van der Waals surface area contributed by atoms with Gasteiger partial charge in [-0.1, -0.05) is 0 Å². The lowest BCUT2D eigenvalue weighted by molar-refractivity contribution is -0.132. The van der Waals surface area contributed by atoms with Gasteiger partial charge in [-0.3, -0.25) is 4.79 Å². The molecule has 0 aliphatic rings. The Kier molecular flexibility index (Phi) is 4.10. The quantitative estimate of drug-likeness (QED) is 0.652. The van der Waals surface area contributed by atoms with E-state index in [0.29, 0.717) is 6.07 Å². The summed E-state index contributed by atoms with van der Waals surface area (Å²) < 4.78 is 61.4. The van der Waals surface area contributed by atoms with Gasteiger partial charge in [0.25, 0.3) is 5.91 Å². The summed E-state index contributed by atoms with van der Waals surface area (Å²) >= 11 is 0. The topological polar surface area (TPSA) is 55.1 Å². The van der Waals surface area contributed by atoms with Crippen LogP contribution in [0.5, 0.6) is 0 Å². The highest BCUT2D eigenvalue weighted by molar-refractivity contribution is 5.95. The average Bonchev–Trinajstić information content (AvgIpc) is 2.21. The fourth-order valence-electron chi connectivity index (χ4n) is 1.15. The van der Waals surface area contributed by atoms with Crippen molar-refractivity contribution in [2.45, 2.75) is 12.6 Å². The van der Waals surface area contributed by atoms with E-state index >= 15 is 0 Å². The Bertz CT molecular complexity index is 458. The van der Waals surface area contributed by atoms with E-state index in [-0.39, 0.29) is 0 Å². The molecule has 18 heavy (non-hydrogen) atoms. The smallest absolute Gasteiger partial charge is 0.390 e. The Morgan fingerprint density at radius 1 is 1.22 bits per heavy atom. The Morgan fingerprint density at radius 3 is 2.39 bits per heavy atom. The molecule has 8 heteroatoms. The number of alkyl halides is 3. The summed E-state index contributed by atoms with van der Waals surface area (Å²) in [5, 5.41) is 1.87. The minimum Gasteiger partial charge on any atom is -0.396 e. The van der Waals surface area contributed by atoms with Crippen molar-refractivity contribution in [3.8, 4) is 0 Å². The first kappa shape index (κ1) is 14.2. The summed E-state index contributed by atoms with van der Waals surface area (Å²) in [5.74, 6) is -3.31. The Labute approximate surface area is 98.8 Å². The van der Waals surface area contributed by atoms with Gasteiger partial charge < -0.3 is 11.1 Å². The lowest BCUT2D eigenvalue weighted by Gasteiger charge is -2.09. The zero-order valence-corrected chi connectivity index (χ0v) is 8.94. The van der Waals surface area contributed by atoms with Gasteiger partial charge in [-0.15, -0.1) is 0 Å². The second-order valence-electron chi connectivity index (χ2n) is 3.47. The highest BCUT2D eigenvalue weighted by Gasteiger charge is 2.27. The number of hydrogen-bond acceptors (Lipinski definition) is 2. The predicted octanol–water partition coefficient (Wildman–Crippen LogP) is 2.23. The van der Waals surface area contributed by atoms with E-state index in [1.807, 2.05) is 5.32 Å². The van der Waals surface area contributed by atoms with Crippen LogP contribution >= 0.6 is 0 Å². The maximum atomic E-state index is 13.2. The van der Waals surface area contributed by atoms with Gasteiger partial charge in [-0.2, -0.15) is 13.2 Å². The van der Waals surface area contributed by atoms with E-state index in [2.05, 4.69) is 0 Å². The minimum absolute atomic E-state index is 0.397. The average molecular weight is 268 g/mol. The maximum absolute atomic E-state index is 13.2. The van der Waals surface area contributed by atoms with Crippen molar-refractivity contribution in [1.29, 1.82) is 0 Å². The summed E-state index contributed by atoms with van der Waals surface area (Å²) in [6.07, 6.45) is -5.66. The molecule has 3 nitrogen and oxygen atoms in total. The lowest BCUT2D eigenvalue weighted by Crippen LogP contribution is -2.28. The molecule has 1 rings (SSSR count). The predicted molar refractivity (Wildman–Crippen MR) is 53.8 cm³/mol. The molecule has 0 saturated heterocycles. The van der Waals surface area contributed by atoms with Crippen LogP contribution < -0.4 is 11.1 Å². The summed E-state index contributed by atoms with van der Waals surface area (Å²) in [4.78, 5) is 11.3. The molecule has 0 aromatic heterocycles. The summed E-state index contributed by atoms with van der Waals surface area (Å²) in [5.41, 5.74) is 4.06. The van der Waals surface area contributed by atoms with Crippen LogP contribution in [-0.2, 0) is 0 Å². The van der Waals surface area contributed by atoms with Gasteiger partial charge in [0.05, 0.1) is 17.7 Å². The molecule has 1 amide bonds. The first-order valence-corrected chi connectivity index (χ1v) is 4.80. The standard InChI is InChI=1S/C10H9F5N2O/c11-6-4-7(12)8(16)3-5(6)9(18)17-2-1-10(13,14)15/h3-4H,1-2,16H2,(H,17,18). The van der Waals surface area contributed by atoms with E-state index < -0.39 is 47.9 Å². The van der Waals surface area contributed by atoms with E-state index in [9.17, 15) is 26.7 Å². The van der Waals surface area contributed by atoms with Crippen LogP contribution in [-0.4, -0.2) is 18.6 Å². The van der Waals surface area contributed by atoms with E-state index in [1.54, 1.807) is 0 Å². The van der Waals surface area contributed by atoms with Gasteiger partial charge in [-0.25, -0.2) is 8.78 Å². The third-order valence-corrected chi connectivity index (χ3v) is 2.03. The van der Waals surface area contributed by atoms with Crippen molar-refractivity contribution in [1.82, 2.24) is 5.32 Å². The zero-order chi connectivity index (χ0) is 13.9. The summed E-state index contributed by atoms with van der Waals surface area (Å²) in [6, 6.07) is 1.13. The number of nitrogen functional groups attached to an aromatic ring is 1. The van der Waals surface area contributed by atoms with Crippen molar-refractivity contribution >= 4 is 11.6 Å². The van der Waals surface area contributed by atoms with Crippen LogP contribution in [0.3, 0.4) is 0 Å². The van der Waals surface area contributed by atoms with Crippen LogP contribution in [0, 0.1) is 11.6 Å². The number of rotatable bonds is 3. The third-order valence-electron chi connectivity index (χ3n) is 2.03. The number of hydrogen-bond donors (Lipinski definition) is 2. The second kappa shape index (κ2) is 5.19. The van der Waals surface area contributed by atoms with E-state index in [1.165, 1.54) is 0 Å². The molecule has 0 aliphatic heterocycles. The van der Waals surface area contributed by atoms with E-state index in [4.69, 9.17) is 5.73 Å². The highest BCUT2D eigenvalue weighted by Crippen LogP contribution is 2.19. The van der Waals surface area contributed by atoms with Gasteiger partial charge in [0.1, 0.15) is 11.6 Å².